The van der Waals surface area contributed by atoms with E-state index in [0.717, 1.165) is 6.20 Å². The first-order valence-electron chi connectivity index (χ1n) is 4.07. The van der Waals surface area contributed by atoms with Gasteiger partial charge in [0.2, 0.25) is 5.88 Å². The van der Waals surface area contributed by atoms with Crippen molar-refractivity contribution in [2.24, 2.45) is 5.73 Å². The molecule has 0 aliphatic rings. The second kappa shape index (κ2) is 4.58. The summed E-state index contributed by atoms with van der Waals surface area (Å²) >= 11 is 0. The van der Waals surface area contributed by atoms with Gasteiger partial charge in [-0.05, 0) is 6.07 Å². The van der Waals surface area contributed by atoms with Gasteiger partial charge in [0, 0.05) is 12.0 Å². The lowest BCUT2D eigenvalue weighted by Gasteiger charge is -2.08. The molecule has 0 aromatic carbocycles. The molecule has 3 nitrogen and oxygen atoms in total. The standard InChI is InChI=1S/C10H11FN2O/c1-3-9(12)5-7-4-8(11)6-13-10(7)14-2/h1,4,6,9H,5,12H2,2H3. The Hall–Kier alpha value is -1.60. The number of aromatic nitrogens is 1. The highest BCUT2D eigenvalue weighted by Crippen LogP contribution is 2.16. The van der Waals surface area contributed by atoms with Crippen LogP contribution < -0.4 is 10.5 Å². The molecule has 0 saturated heterocycles. The van der Waals surface area contributed by atoms with Crippen LogP contribution in [-0.4, -0.2) is 18.1 Å². The van der Waals surface area contributed by atoms with Gasteiger partial charge in [-0.2, -0.15) is 0 Å². The minimum atomic E-state index is -0.451. The summed E-state index contributed by atoms with van der Waals surface area (Å²) < 4.78 is 17.8. The zero-order valence-electron chi connectivity index (χ0n) is 7.83. The van der Waals surface area contributed by atoms with Crippen molar-refractivity contribution < 1.29 is 9.13 Å². The number of halogens is 1. The normalized spacial score (nSPS) is 11.9. The largest absolute Gasteiger partial charge is 0.481 e. The van der Waals surface area contributed by atoms with E-state index in [4.69, 9.17) is 16.9 Å². The molecule has 1 unspecified atom stereocenters. The molecule has 0 aliphatic heterocycles. The highest BCUT2D eigenvalue weighted by molar-refractivity contribution is 5.28. The first-order chi connectivity index (χ1) is 6.67. The zero-order valence-corrected chi connectivity index (χ0v) is 7.83. The zero-order chi connectivity index (χ0) is 10.6. The lowest BCUT2D eigenvalue weighted by molar-refractivity contribution is 0.389. The summed E-state index contributed by atoms with van der Waals surface area (Å²) in [6.45, 7) is 0. The van der Waals surface area contributed by atoms with Crippen LogP contribution in [0.5, 0.6) is 5.88 Å². The number of ether oxygens (including phenoxy) is 1. The predicted molar refractivity (Wildman–Crippen MR) is 51.3 cm³/mol. The molecule has 4 heteroatoms. The van der Waals surface area contributed by atoms with E-state index in [-0.39, 0.29) is 0 Å². The van der Waals surface area contributed by atoms with E-state index < -0.39 is 11.9 Å². The number of terminal acetylenes is 1. The maximum atomic E-state index is 12.8. The van der Waals surface area contributed by atoms with Crippen molar-refractivity contribution in [3.63, 3.8) is 0 Å². The van der Waals surface area contributed by atoms with Gasteiger partial charge in [0.05, 0.1) is 19.3 Å². The van der Waals surface area contributed by atoms with Crippen molar-refractivity contribution in [3.05, 3.63) is 23.6 Å². The Morgan fingerprint density at radius 1 is 1.79 bits per heavy atom. The molecule has 1 aromatic rings. The van der Waals surface area contributed by atoms with Crippen LogP contribution in [0.1, 0.15) is 5.56 Å². The fourth-order valence-corrected chi connectivity index (χ4v) is 1.09. The van der Waals surface area contributed by atoms with Crippen LogP contribution in [0.2, 0.25) is 0 Å². The van der Waals surface area contributed by atoms with E-state index in [1.165, 1.54) is 13.2 Å². The number of rotatable bonds is 3. The summed E-state index contributed by atoms with van der Waals surface area (Å²) in [5.41, 5.74) is 6.12. The summed E-state index contributed by atoms with van der Waals surface area (Å²) in [7, 11) is 1.46. The fraction of sp³-hybridized carbons (Fsp3) is 0.300. The third-order valence-electron chi connectivity index (χ3n) is 1.74. The number of methoxy groups -OCH3 is 1. The number of nitrogens with zero attached hydrogens (tertiary/aromatic N) is 1. The minimum absolute atomic E-state index is 0.352. The molecule has 0 aliphatic carbocycles. The monoisotopic (exact) mass is 194 g/mol. The molecule has 14 heavy (non-hydrogen) atoms. The van der Waals surface area contributed by atoms with Crippen LogP contribution in [0.15, 0.2) is 12.3 Å². The van der Waals surface area contributed by atoms with E-state index in [9.17, 15) is 4.39 Å². The summed E-state index contributed by atoms with van der Waals surface area (Å²) in [6.07, 6.45) is 6.56. The van der Waals surface area contributed by atoms with Crippen LogP contribution in [0.25, 0.3) is 0 Å². The van der Waals surface area contributed by atoms with Crippen molar-refractivity contribution in [3.8, 4) is 18.2 Å². The van der Waals surface area contributed by atoms with Gasteiger partial charge in [-0.1, -0.05) is 5.92 Å². The number of hydrogen-bond acceptors (Lipinski definition) is 3. The van der Waals surface area contributed by atoms with E-state index in [1.54, 1.807) is 0 Å². The highest BCUT2D eigenvalue weighted by Gasteiger charge is 2.09. The van der Waals surface area contributed by atoms with Gasteiger partial charge < -0.3 is 10.5 Å². The van der Waals surface area contributed by atoms with E-state index in [0.29, 0.717) is 17.9 Å². The maximum absolute atomic E-state index is 12.8. The summed E-state index contributed by atoms with van der Waals surface area (Å²) in [5.74, 6) is 2.29. The molecule has 1 heterocycles. The Labute approximate surface area is 82.1 Å². The van der Waals surface area contributed by atoms with Crippen molar-refractivity contribution in [1.82, 2.24) is 4.98 Å². The third-order valence-corrected chi connectivity index (χ3v) is 1.74. The van der Waals surface area contributed by atoms with Crippen molar-refractivity contribution in [2.45, 2.75) is 12.5 Å². The smallest absolute Gasteiger partial charge is 0.216 e. The van der Waals surface area contributed by atoms with E-state index >= 15 is 0 Å². The molecule has 1 aromatic heterocycles. The second-order valence-corrected chi connectivity index (χ2v) is 2.80. The third kappa shape index (κ3) is 2.44. The molecule has 0 fully saturated rings. The SMILES string of the molecule is C#CC(N)Cc1cc(F)cnc1OC. The molecule has 0 bridgehead atoms. The average Bonchev–Trinajstić information content (AvgIpc) is 2.18. The second-order valence-electron chi connectivity index (χ2n) is 2.80. The van der Waals surface area contributed by atoms with E-state index in [2.05, 4.69) is 10.9 Å². The van der Waals surface area contributed by atoms with Crippen LogP contribution >= 0.6 is 0 Å². The first-order valence-corrected chi connectivity index (χ1v) is 4.07. The van der Waals surface area contributed by atoms with Gasteiger partial charge in [-0.3, -0.25) is 0 Å². The Balaban J connectivity index is 2.94. The van der Waals surface area contributed by atoms with Gasteiger partial charge >= 0.3 is 0 Å². The predicted octanol–water partition coefficient (Wildman–Crippen LogP) is 0.732. The van der Waals surface area contributed by atoms with Crippen LogP contribution in [0.4, 0.5) is 4.39 Å². The average molecular weight is 194 g/mol. The minimum Gasteiger partial charge on any atom is -0.481 e. The number of hydrogen-bond donors (Lipinski definition) is 1. The molecule has 0 radical (unpaired) electrons. The fourth-order valence-electron chi connectivity index (χ4n) is 1.09. The quantitative estimate of drug-likeness (QED) is 0.722. The molecule has 0 amide bonds. The topological polar surface area (TPSA) is 48.1 Å². The highest BCUT2D eigenvalue weighted by atomic mass is 19.1. The molecular weight excluding hydrogens is 183 g/mol. The van der Waals surface area contributed by atoms with E-state index in [1.807, 2.05) is 0 Å². The summed E-state index contributed by atoms with van der Waals surface area (Å²) in [4.78, 5) is 3.76. The van der Waals surface area contributed by atoms with Crippen molar-refractivity contribution in [2.75, 3.05) is 7.11 Å². The first kappa shape index (κ1) is 10.5. The van der Waals surface area contributed by atoms with Crippen LogP contribution in [-0.2, 0) is 6.42 Å². The van der Waals surface area contributed by atoms with Gasteiger partial charge in [-0.15, -0.1) is 6.42 Å². The van der Waals surface area contributed by atoms with Crippen molar-refractivity contribution in [1.29, 1.82) is 0 Å². The lowest BCUT2D eigenvalue weighted by atomic mass is 10.1. The molecule has 74 valence electrons. The molecule has 0 saturated carbocycles. The summed E-state index contributed by atoms with van der Waals surface area (Å²) in [6, 6.07) is 0.871. The van der Waals surface area contributed by atoms with Gasteiger partial charge in [-0.25, -0.2) is 9.37 Å². The van der Waals surface area contributed by atoms with Crippen molar-refractivity contribution >= 4 is 0 Å². The van der Waals surface area contributed by atoms with Crippen LogP contribution in [0.3, 0.4) is 0 Å². The lowest BCUT2D eigenvalue weighted by Crippen LogP contribution is -2.20. The maximum Gasteiger partial charge on any atom is 0.216 e. The number of pyridine rings is 1. The molecule has 1 rings (SSSR count). The molecule has 0 spiro atoms. The van der Waals surface area contributed by atoms with Crippen LogP contribution in [0, 0.1) is 18.2 Å². The Bertz CT molecular complexity index is 360. The Morgan fingerprint density at radius 3 is 3.07 bits per heavy atom. The molecular formula is C10H11FN2O. The Morgan fingerprint density at radius 2 is 2.50 bits per heavy atom. The molecule has 1 atom stereocenters. The summed E-state index contributed by atoms with van der Waals surface area (Å²) in [5, 5.41) is 0. The van der Waals surface area contributed by atoms with Gasteiger partial charge in [0.25, 0.3) is 0 Å². The Kier molecular flexibility index (Phi) is 3.43. The molecule has 2 N–H and O–H groups in total. The van der Waals surface area contributed by atoms with Gasteiger partial charge in [0.15, 0.2) is 0 Å². The number of nitrogens with two attached hydrogens (primary N) is 1. The van der Waals surface area contributed by atoms with Gasteiger partial charge in [0.1, 0.15) is 5.82 Å².